The highest BCUT2D eigenvalue weighted by molar-refractivity contribution is 7.12. The number of thiophene rings is 1. The Morgan fingerprint density at radius 2 is 2.06 bits per heavy atom. The van der Waals surface area contributed by atoms with Gasteiger partial charge in [0.25, 0.3) is 5.91 Å². The number of hydrogen-bond acceptors (Lipinski definition) is 3. The number of benzene rings is 1. The van der Waals surface area contributed by atoms with Gasteiger partial charge < -0.3 is 10.5 Å². The molecule has 1 amide bonds. The predicted molar refractivity (Wildman–Crippen MR) is 74.0 cm³/mol. The van der Waals surface area contributed by atoms with Crippen LogP contribution in [0.4, 0.5) is 0 Å². The molecular weight excluding hydrogens is 246 g/mol. The summed E-state index contributed by atoms with van der Waals surface area (Å²) in [5.74, 6) is 0.440. The minimum Gasteiger partial charge on any atom is -0.491 e. The first-order chi connectivity index (χ1) is 8.56. The molecule has 0 aliphatic carbocycles. The highest BCUT2D eigenvalue weighted by atomic mass is 32.1. The standard InChI is InChI=1S/C14H15NO2S/c1-9(2)17-12-5-3-4-10(6-12)11-7-13(14(15)16)18-8-11/h3-9H,1-2H3,(H2,15,16). The van der Waals surface area contributed by atoms with Gasteiger partial charge in [0, 0.05) is 0 Å². The fraction of sp³-hybridized carbons (Fsp3) is 0.214. The van der Waals surface area contributed by atoms with Gasteiger partial charge in [-0.15, -0.1) is 11.3 Å². The molecule has 3 nitrogen and oxygen atoms in total. The van der Waals surface area contributed by atoms with Crippen molar-refractivity contribution in [1.29, 1.82) is 0 Å². The van der Waals surface area contributed by atoms with Crippen molar-refractivity contribution in [2.75, 3.05) is 0 Å². The van der Waals surface area contributed by atoms with Crippen LogP contribution in [0.2, 0.25) is 0 Å². The normalized spacial score (nSPS) is 10.6. The Bertz CT molecular complexity index is 560. The minimum absolute atomic E-state index is 0.143. The molecule has 94 valence electrons. The number of nitrogens with two attached hydrogens (primary N) is 1. The number of primary amides is 1. The molecule has 1 aromatic heterocycles. The van der Waals surface area contributed by atoms with Crippen molar-refractivity contribution < 1.29 is 9.53 Å². The summed E-state index contributed by atoms with van der Waals surface area (Å²) in [5.41, 5.74) is 7.26. The Labute approximate surface area is 110 Å². The SMILES string of the molecule is CC(C)Oc1cccc(-c2csc(C(N)=O)c2)c1. The Morgan fingerprint density at radius 1 is 1.28 bits per heavy atom. The van der Waals surface area contributed by atoms with Crippen LogP contribution in [0.1, 0.15) is 23.5 Å². The fourth-order valence-electron chi connectivity index (χ4n) is 1.64. The average Bonchev–Trinajstić information content (AvgIpc) is 2.77. The summed E-state index contributed by atoms with van der Waals surface area (Å²) in [5, 5.41) is 1.93. The average molecular weight is 261 g/mol. The van der Waals surface area contributed by atoms with Crippen molar-refractivity contribution in [1.82, 2.24) is 0 Å². The van der Waals surface area contributed by atoms with Gasteiger partial charge in [0.2, 0.25) is 0 Å². The summed E-state index contributed by atoms with van der Waals surface area (Å²) < 4.78 is 5.64. The Hall–Kier alpha value is -1.81. The monoisotopic (exact) mass is 261 g/mol. The van der Waals surface area contributed by atoms with Gasteiger partial charge in [0.15, 0.2) is 0 Å². The molecule has 0 saturated carbocycles. The quantitative estimate of drug-likeness (QED) is 0.918. The smallest absolute Gasteiger partial charge is 0.258 e. The predicted octanol–water partition coefficient (Wildman–Crippen LogP) is 3.30. The van der Waals surface area contributed by atoms with Gasteiger partial charge in [0.1, 0.15) is 5.75 Å². The summed E-state index contributed by atoms with van der Waals surface area (Å²) in [6.45, 7) is 3.98. The molecule has 0 atom stereocenters. The van der Waals surface area contributed by atoms with Gasteiger partial charge >= 0.3 is 0 Å². The maximum Gasteiger partial charge on any atom is 0.258 e. The van der Waals surface area contributed by atoms with Crippen LogP contribution in [-0.2, 0) is 0 Å². The second-order valence-electron chi connectivity index (χ2n) is 4.26. The van der Waals surface area contributed by atoms with Gasteiger partial charge in [-0.25, -0.2) is 0 Å². The molecule has 0 aliphatic heterocycles. The lowest BCUT2D eigenvalue weighted by atomic mass is 10.1. The van der Waals surface area contributed by atoms with Crippen LogP contribution in [0.25, 0.3) is 11.1 Å². The van der Waals surface area contributed by atoms with Gasteiger partial charge in [0.05, 0.1) is 11.0 Å². The molecule has 0 radical (unpaired) electrons. The van der Waals surface area contributed by atoms with Gasteiger partial charge in [-0.2, -0.15) is 0 Å². The zero-order valence-electron chi connectivity index (χ0n) is 10.3. The van der Waals surface area contributed by atoms with E-state index in [-0.39, 0.29) is 12.0 Å². The van der Waals surface area contributed by atoms with E-state index < -0.39 is 0 Å². The van der Waals surface area contributed by atoms with E-state index in [4.69, 9.17) is 10.5 Å². The fourth-order valence-corrected chi connectivity index (χ4v) is 2.41. The number of carbonyl (C=O) groups excluding carboxylic acids is 1. The summed E-state index contributed by atoms with van der Waals surface area (Å²) in [6, 6.07) is 9.62. The molecule has 18 heavy (non-hydrogen) atoms. The molecule has 4 heteroatoms. The highest BCUT2D eigenvalue weighted by Gasteiger charge is 2.07. The van der Waals surface area contributed by atoms with Crippen molar-refractivity contribution in [2.45, 2.75) is 20.0 Å². The van der Waals surface area contributed by atoms with Crippen molar-refractivity contribution in [3.8, 4) is 16.9 Å². The van der Waals surface area contributed by atoms with Gasteiger partial charge in [-0.05, 0) is 48.6 Å². The van der Waals surface area contributed by atoms with E-state index >= 15 is 0 Å². The molecule has 2 N–H and O–H groups in total. The minimum atomic E-state index is -0.388. The topological polar surface area (TPSA) is 52.3 Å². The third-order valence-corrected chi connectivity index (χ3v) is 3.33. The number of amides is 1. The first kappa shape index (κ1) is 12.6. The van der Waals surface area contributed by atoms with Crippen molar-refractivity contribution in [2.24, 2.45) is 5.73 Å². The van der Waals surface area contributed by atoms with E-state index in [0.29, 0.717) is 4.88 Å². The van der Waals surface area contributed by atoms with E-state index in [2.05, 4.69) is 0 Å². The molecule has 2 rings (SSSR count). The molecular formula is C14H15NO2S. The molecule has 1 aromatic carbocycles. The largest absolute Gasteiger partial charge is 0.491 e. The van der Waals surface area contributed by atoms with E-state index in [9.17, 15) is 4.79 Å². The summed E-state index contributed by atoms with van der Waals surface area (Å²) in [7, 11) is 0. The lowest BCUT2D eigenvalue weighted by Gasteiger charge is -2.10. The van der Waals surface area contributed by atoms with Crippen LogP contribution in [0.5, 0.6) is 5.75 Å². The maximum atomic E-state index is 11.1. The third kappa shape index (κ3) is 2.90. The van der Waals surface area contributed by atoms with Crippen molar-refractivity contribution in [3.05, 3.63) is 40.6 Å². The first-order valence-corrected chi connectivity index (χ1v) is 6.59. The van der Waals surface area contributed by atoms with Crippen LogP contribution < -0.4 is 10.5 Å². The Morgan fingerprint density at radius 3 is 2.67 bits per heavy atom. The van der Waals surface area contributed by atoms with Gasteiger partial charge in [-0.1, -0.05) is 12.1 Å². The summed E-state index contributed by atoms with van der Waals surface area (Å²) >= 11 is 1.36. The van der Waals surface area contributed by atoms with Crippen molar-refractivity contribution in [3.63, 3.8) is 0 Å². The van der Waals surface area contributed by atoms with E-state index in [1.165, 1.54) is 11.3 Å². The third-order valence-electron chi connectivity index (χ3n) is 2.38. The molecule has 0 aliphatic rings. The van der Waals surface area contributed by atoms with Crippen LogP contribution in [0.3, 0.4) is 0 Å². The Kier molecular flexibility index (Phi) is 3.67. The number of carbonyl (C=O) groups is 1. The van der Waals surface area contributed by atoms with Crippen LogP contribution in [-0.4, -0.2) is 12.0 Å². The maximum absolute atomic E-state index is 11.1. The molecule has 1 heterocycles. The van der Waals surface area contributed by atoms with Crippen LogP contribution in [0.15, 0.2) is 35.7 Å². The molecule has 0 bridgehead atoms. The van der Waals surface area contributed by atoms with Gasteiger partial charge in [-0.3, -0.25) is 4.79 Å². The molecule has 2 aromatic rings. The van der Waals surface area contributed by atoms with E-state index in [0.717, 1.165) is 16.9 Å². The molecule has 0 unspecified atom stereocenters. The lowest BCUT2D eigenvalue weighted by Crippen LogP contribution is -2.08. The molecule has 0 spiro atoms. The highest BCUT2D eigenvalue weighted by Crippen LogP contribution is 2.28. The van der Waals surface area contributed by atoms with E-state index in [1.54, 1.807) is 0 Å². The second-order valence-corrected chi connectivity index (χ2v) is 5.17. The van der Waals surface area contributed by atoms with Crippen molar-refractivity contribution >= 4 is 17.2 Å². The summed E-state index contributed by atoms with van der Waals surface area (Å²) in [6.07, 6.45) is 0.143. The zero-order valence-corrected chi connectivity index (χ0v) is 11.2. The number of ether oxygens (including phenoxy) is 1. The molecule has 0 fully saturated rings. The lowest BCUT2D eigenvalue weighted by molar-refractivity contribution is 0.100. The van der Waals surface area contributed by atoms with Crippen LogP contribution >= 0.6 is 11.3 Å². The summed E-state index contributed by atoms with van der Waals surface area (Å²) in [4.78, 5) is 11.6. The number of rotatable bonds is 4. The Balaban J connectivity index is 2.29. The number of hydrogen-bond donors (Lipinski definition) is 1. The first-order valence-electron chi connectivity index (χ1n) is 5.71. The van der Waals surface area contributed by atoms with Crippen LogP contribution in [0, 0.1) is 0 Å². The zero-order chi connectivity index (χ0) is 13.1. The van der Waals surface area contributed by atoms with E-state index in [1.807, 2.05) is 49.6 Å². The second kappa shape index (κ2) is 5.23. The molecule has 0 saturated heterocycles.